The minimum Gasteiger partial charge on any atom is -0.437 e. The second kappa shape index (κ2) is 6.74. The van der Waals surface area contributed by atoms with E-state index in [0.717, 1.165) is 18.4 Å². The third kappa shape index (κ3) is 3.12. The van der Waals surface area contributed by atoms with E-state index in [-0.39, 0.29) is 0 Å². The number of ether oxygens (including phenoxy) is 1. The first-order chi connectivity index (χ1) is 9.67. The molecule has 1 aromatic heterocycles. The zero-order chi connectivity index (χ0) is 14.5. The molecule has 1 aromatic carbocycles. The van der Waals surface area contributed by atoms with Gasteiger partial charge in [-0.15, -0.1) is 0 Å². The van der Waals surface area contributed by atoms with E-state index in [1.54, 1.807) is 18.2 Å². The third-order valence-corrected chi connectivity index (χ3v) is 3.47. The molecule has 5 nitrogen and oxygen atoms in total. The number of benzene rings is 1. The Labute approximate surface area is 127 Å². The van der Waals surface area contributed by atoms with Gasteiger partial charge in [-0.3, -0.25) is 0 Å². The van der Waals surface area contributed by atoms with Gasteiger partial charge in [0.2, 0.25) is 5.88 Å². The lowest BCUT2D eigenvalue weighted by Crippen LogP contribution is -2.12. The van der Waals surface area contributed by atoms with Gasteiger partial charge in [-0.05, 0) is 18.6 Å². The van der Waals surface area contributed by atoms with Gasteiger partial charge in [0.05, 0.1) is 10.6 Å². The van der Waals surface area contributed by atoms with Crippen molar-refractivity contribution in [1.29, 1.82) is 0 Å². The molecule has 2 aromatic rings. The molecular weight excluding hydrogens is 299 g/mol. The zero-order valence-electron chi connectivity index (χ0n) is 10.9. The normalized spacial score (nSPS) is 10.4. The van der Waals surface area contributed by atoms with Gasteiger partial charge in [0.15, 0.2) is 0 Å². The molecule has 7 heteroatoms. The van der Waals surface area contributed by atoms with Gasteiger partial charge in [-0.1, -0.05) is 42.6 Å². The van der Waals surface area contributed by atoms with E-state index in [4.69, 9.17) is 33.8 Å². The minimum atomic E-state index is 0.345. The summed E-state index contributed by atoms with van der Waals surface area (Å²) in [6.07, 6.45) is 3.01. The summed E-state index contributed by atoms with van der Waals surface area (Å²) in [6.45, 7) is 2.05. The average molecular weight is 313 g/mol. The Hall–Kier alpha value is -1.56. The Kier molecular flexibility index (Phi) is 5.00. The van der Waals surface area contributed by atoms with Crippen LogP contribution in [0.1, 0.15) is 18.9 Å². The molecule has 3 N–H and O–H groups in total. The van der Waals surface area contributed by atoms with E-state index in [2.05, 4.69) is 15.4 Å². The Morgan fingerprint density at radius 1 is 1.30 bits per heavy atom. The summed E-state index contributed by atoms with van der Waals surface area (Å²) < 4.78 is 5.75. The molecule has 0 fully saturated rings. The summed E-state index contributed by atoms with van der Waals surface area (Å²) in [5.41, 5.74) is 3.34. The van der Waals surface area contributed by atoms with Crippen molar-refractivity contribution in [2.75, 3.05) is 5.43 Å². The highest BCUT2D eigenvalue weighted by molar-refractivity contribution is 6.42. The van der Waals surface area contributed by atoms with Crippen LogP contribution in [0.4, 0.5) is 5.82 Å². The third-order valence-electron chi connectivity index (χ3n) is 2.67. The fourth-order valence-electron chi connectivity index (χ4n) is 1.75. The molecule has 0 saturated carbocycles. The van der Waals surface area contributed by atoms with Gasteiger partial charge in [-0.2, -0.15) is 0 Å². The summed E-state index contributed by atoms with van der Waals surface area (Å²) in [6, 6.07) is 5.17. The molecule has 1 heterocycles. The second-order valence-electron chi connectivity index (χ2n) is 4.05. The van der Waals surface area contributed by atoms with Crippen LogP contribution >= 0.6 is 23.2 Å². The first-order valence-corrected chi connectivity index (χ1v) is 6.85. The summed E-state index contributed by atoms with van der Waals surface area (Å²) in [7, 11) is 0. The maximum absolute atomic E-state index is 6.11. The maximum Gasteiger partial charge on any atom is 0.227 e. The van der Waals surface area contributed by atoms with Crippen LogP contribution in [0.3, 0.4) is 0 Å². The number of hydrogen-bond acceptors (Lipinski definition) is 5. The van der Waals surface area contributed by atoms with E-state index in [1.807, 2.05) is 6.92 Å². The van der Waals surface area contributed by atoms with Crippen LogP contribution in [0.25, 0.3) is 0 Å². The fraction of sp³-hybridized carbons (Fsp3) is 0.231. The number of hydrogen-bond donors (Lipinski definition) is 2. The monoisotopic (exact) mass is 312 g/mol. The quantitative estimate of drug-likeness (QED) is 0.648. The smallest absolute Gasteiger partial charge is 0.227 e. The van der Waals surface area contributed by atoms with Crippen molar-refractivity contribution in [2.24, 2.45) is 5.84 Å². The number of nitrogens with one attached hydrogen (secondary N) is 1. The number of hydrazine groups is 1. The molecule has 2 rings (SSSR count). The highest BCUT2D eigenvalue weighted by Crippen LogP contribution is 2.36. The van der Waals surface area contributed by atoms with Crippen LogP contribution in [-0.2, 0) is 6.42 Å². The molecule has 0 amide bonds. The predicted molar refractivity (Wildman–Crippen MR) is 80.4 cm³/mol. The predicted octanol–water partition coefficient (Wildman–Crippen LogP) is 3.81. The highest BCUT2D eigenvalue weighted by Gasteiger charge is 2.14. The van der Waals surface area contributed by atoms with Gasteiger partial charge in [0.25, 0.3) is 0 Å². The number of nitrogens with zero attached hydrogens (tertiary/aromatic N) is 2. The van der Waals surface area contributed by atoms with Crippen LogP contribution in [0, 0.1) is 0 Å². The topological polar surface area (TPSA) is 73.1 Å². The largest absolute Gasteiger partial charge is 0.437 e. The van der Waals surface area contributed by atoms with Crippen molar-refractivity contribution in [3.63, 3.8) is 0 Å². The van der Waals surface area contributed by atoms with Gasteiger partial charge in [0, 0.05) is 0 Å². The van der Waals surface area contributed by atoms with E-state index < -0.39 is 0 Å². The average Bonchev–Trinajstić information content (AvgIpc) is 2.46. The van der Waals surface area contributed by atoms with Gasteiger partial charge in [0.1, 0.15) is 22.9 Å². The lowest BCUT2D eigenvalue weighted by molar-refractivity contribution is 0.454. The van der Waals surface area contributed by atoms with Crippen molar-refractivity contribution in [3.8, 4) is 11.6 Å². The maximum atomic E-state index is 6.11. The number of aromatic nitrogens is 2. The molecule has 106 valence electrons. The molecule has 0 unspecified atom stereocenters. The van der Waals surface area contributed by atoms with Gasteiger partial charge in [-0.25, -0.2) is 15.8 Å². The second-order valence-corrected chi connectivity index (χ2v) is 4.84. The first kappa shape index (κ1) is 14.8. The molecule has 0 atom stereocenters. The van der Waals surface area contributed by atoms with E-state index in [9.17, 15) is 0 Å². The molecule has 0 radical (unpaired) electrons. The molecule has 0 aliphatic carbocycles. The van der Waals surface area contributed by atoms with Gasteiger partial charge >= 0.3 is 0 Å². The zero-order valence-corrected chi connectivity index (χ0v) is 12.4. The number of nitrogens with two attached hydrogens (primary N) is 1. The Morgan fingerprint density at radius 2 is 2.10 bits per heavy atom. The number of halogens is 2. The fourth-order valence-corrected chi connectivity index (χ4v) is 2.08. The number of anilines is 1. The number of rotatable bonds is 5. The van der Waals surface area contributed by atoms with Crippen LogP contribution < -0.4 is 16.0 Å². The van der Waals surface area contributed by atoms with Crippen LogP contribution in [0.5, 0.6) is 11.6 Å². The first-order valence-electron chi connectivity index (χ1n) is 6.09. The minimum absolute atomic E-state index is 0.345. The van der Waals surface area contributed by atoms with Crippen molar-refractivity contribution < 1.29 is 4.74 Å². The Bertz CT molecular complexity index is 607. The van der Waals surface area contributed by atoms with E-state index in [1.165, 1.54) is 6.33 Å². The van der Waals surface area contributed by atoms with Crippen LogP contribution in [-0.4, -0.2) is 9.97 Å². The lowest BCUT2D eigenvalue weighted by Gasteiger charge is -2.13. The summed E-state index contributed by atoms with van der Waals surface area (Å²) >= 11 is 12.1. The van der Waals surface area contributed by atoms with Gasteiger partial charge < -0.3 is 10.2 Å². The molecule has 0 aliphatic rings. The molecule has 0 spiro atoms. The van der Waals surface area contributed by atoms with Crippen LogP contribution in [0.2, 0.25) is 10.0 Å². The van der Waals surface area contributed by atoms with E-state index >= 15 is 0 Å². The summed E-state index contributed by atoms with van der Waals surface area (Å²) in [5.74, 6) is 6.85. The standard InChI is InChI=1S/C13H14Cl2N4O/c1-2-4-8-12(19-16)17-7-18-13(8)20-10-6-3-5-9(14)11(10)15/h3,5-7H,2,4,16H2,1H3,(H,17,18,19). The van der Waals surface area contributed by atoms with E-state index in [0.29, 0.717) is 27.5 Å². The van der Waals surface area contributed by atoms with Crippen molar-refractivity contribution in [2.45, 2.75) is 19.8 Å². The molecule has 0 saturated heterocycles. The van der Waals surface area contributed by atoms with Crippen molar-refractivity contribution in [1.82, 2.24) is 9.97 Å². The SMILES string of the molecule is CCCc1c(NN)ncnc1Oc1cccc(Cl)c1Cl. The van der Waals surface area contributed by atoms with Crippen molar-refractivity contribution >= 4 is 29.0 Å². The summed E-state index contributed by atoms with van der Waals surface area (Å²) in [5, 5.41) is 0.768. The number of nitrogen functional groups attached to an aromatic ring is 1. The molecule has 0 aliphatic heterocycles. The Balaban J connectivity index is 2.40. The lowest BCUT2D eigenvalue weighted by atomic mass is 10.2. The van der Waals surface area contributed by atoms with Crippen molar-refractivity contribution in [3.05, 3.63) is 40.1 Å². The molecule has 0 bridgehead atoms. The molecule has 20 heavy (non-hydrogen) atoms. The summed E-state index contributed by atoms with van der Waals surface area (Å²) in [4.78, 5) is 8.21. The Morgan fingerprint density at radius 3 is 2.80 bits per heavy atom. The van der Waals surface area contributed by atoms with Crippen LogP contribution in [0.15, 0.2) is 24.5 Å². The molecular formula is C13H14Cl2N4O. The highest BCUT2D eigenvalue weighted by atomic mass is 35.5.